The van der Waals surface area contributed by atoms with Gasteiger partial charge in [-0.1, -0.05) is 0 Å². The Balaban J connectivity index is 0.000000330. The minimum absolute atomic E-state index is 0. The Hall–Kier alpha value is -3.16. The summed E-state index contributed by atoms with van der Waals surface area (Å²) in [6.07, 6.45) is 0. The maximum absolute atomic E-state index is 2.35. The molecule has 340 valence electrons. The van der Waals surface area contributed by atoms with E-state index in [0.717, 1.165) is 0 Å². The first-order valence-electron chi connectivity index (χ1n) is 23.5. The second-order valence-electron chi connectivity index (χ2n) is 19.9. The SMILES string of the molecule is CC(C)c1cccc(C(C)C)c1-c1cccc(-c2c(C(C)C)cccc2C(C)C)[c]1[Sn-].CC(C)c1cccc(C(C)C)c1-c1cccc(-c2c(C(C)C)cccc2C(C)C)[c]1[Sn-].[OH3+].[OH3+]. The van der Waals surface area contributed by atoms with E-state index in [9.17, 15) is 0 Å². The van der Waals surface area contributed by atoms with Crippen molar-refractivity contribution in [2.24, 2.45) is 0 Å². The van der Waals surface area contributed by atoms with Crippen molar-refractivity contribution in [1.82, 2.24) is 0 Å². The fourth-order valence-corrected chi connectivity index (χ4v) is 11.8. The molecular formula is C60H80O2Sn2. The predicted octanol–water partition coefficient (Wildman–Crippen LogP) is 14.8. The summed E-state index contributed by atoms with van der Waals surface area (Å²) < 4.78 is 2.97. The van der Waals surface area contributed by atoms with E-state index in [1.807, 2.05) is 0 Å². The quantitative estimate of drug-likeness (QED) is 0.0866. The van der Waals surface area contributed by atoms with E-state index in [1.54, 1.807) is 0 Å². The summed E-state index contributed by atoms with van der Waals surface area (Å²) in [4.78, 5) is 0. The van der Waals surface area contributed by atoms with Crippen molar-refractivity contribution >= 4 is 52.2 Å². The fourth-order valence-electron chi connectivity index (χ4n) is 9.39. The Bertz CT molecular complexity index is 2020. The van der Waals surface area contributed by atoms with Gasteiger partial charge in [0.05, 0.1) is 0 Å². The average Bonchev–Trinajstić information content (AvgIpc) is 3.22. The smallest absolute Gasteiger partial charge is 0.457 e. The van der Waals surface area contributed by atoms with Gasteiger partial charge in [-0.05, 0) is 0 Å². The second kappa shape index (κ2) is 24.0. The number of rotatable bonds is 12. The van der Waals surface area contributed by atoms with Crippen molar-refractivity contribution in [2.75, 3.05) is 0 Å². The molecule has 2 nitrogen and oxygen atoms in total. The molecule has 4 radical (unpaired) electrons. The van der Waals surface area contributed by atoms with Gasteiger partial charge in [0.15, 0.2) is 0 Å². The molecule has 0 aromatic heterocycles. The predicted molar refractivity (Wildman–Crippen MR) is 288 cm³/mol. The van der Waals surface area contributed by atoms with Crippen LogP contribution in [0.2, 0.25) is 0 Å². The van der Waals surface area contributed by atoms with Gasteiger partial charge in [-0.3, -0.25) is 0 Å². The molecule has 4 heteroatoms. The minimum Gasteiger partial charge on any atom is -0.457 e. The van der Waals surface area contributed by atoms with E-state index < -0.39 is 0 Å². The van der Waals surface area contributed by atoms with Crippen LogP contribution in [0.5, 0.6) is 0 Å². The Labute approximate surface area is 416 Å². The molecule has 0 aliphatic rings. The Morgan fingerprint density at radius 2 is 0.359 bits per heavy atom. The Morgan fingerprint density at radius 3 is 0.484 bits per heavy atom. The monoisotopic (exact) mass is 1070 g/mol. The van der Waals surface area contributed by atoms with Gasteiger partial charge >= 0.3 is 409 Å². The standard InChI is InChI=1S/2C30H37.2H2O.2Sn/c2*1-19(2)25-14-10-15-26(20(3)4)29(25)23-12-9-13-24(18-23)30-27(21(5)6)16-11-17-28(30)22(7)8;;;;/h2*9-17,19-22H,1-8H3;2*1H2;;/q;;;;2*-1/p+2. The van der Waals surface area contributed by atoms with E-state index in [4.69, 9.17) is 0 Å². The summed E-state index contributed by atoms with van der Waals surface area (Å²) in [5, 5.41) is 0. The van der Waals surface area contributed by atoms with Crippen molar-refractivity contribution in [3.05, 3.63) is 154 Å². The molecule has 6 N–H and O–H groups in total. The van der Waals surface area contributed by atoms with E-state index in [2.05, 4.69) is 220 Å². The third kappa shape index (κ3) is 11.9. The first-order valence-corrected chi connectivity index (χ1v) is 26.4. The van der Waals surface area contributed by atoms with Crippen molar-refractivity contribution in [2.45, 2.75) is 158 Å². The zero-order valence-electron chi connectivity index (χ0n) is 42.2. The minimum atomic E-state index is 0. The second-order valence-corrected chi connectivity index (χ2v) is 22.8. The van der Waals surface area contributed by atoms with Gasteiger partial charge < -0.3 is 11.0 Å². The number of benzene rings is 6. The van der Waals surface area contributed by atoms with Crippen LogP contribution in [0.4, 0.5) is 0 Å². The zero-order chi connectivity index (χ0) is 45.7. The van der Waals surface area contributed by atoms with Crippen LogP contribution in [0.3, 0.4) is 0 Å². The number of hydrogen-bond donors (Lipinski definition) is 0. The zero-order valence-corrected chi connectivity index (χ0v) is 47.9. The topological polar surface area (TPSA) is 66.0 Å². The molecule has 0 saturated carbocycles. The molecule has 0 amide bonds. The Morgan fingerprint density at radius 1 is 0.234 bits per heavy atom. The normalized spacial score (nSPS) is 11.5. The van der Waals surface area contributed by atoms with Crippen LogP contribution >= 0.6 is 0 Å². The molecule has 0 fully saturated rings. The number of hydrogen-bond acceptors (Lipinski definition) is 0. The summed E-state index contributed by atoms with van der Waals surface area (Å²) in [5.41, 5.74) is 23.3. The average molecular weight is 1070 g/mol. The van der Waals surface area contributed by atoms with Crippen LogP contribution in [-0.4, -0.2) is 45.0 Å². The van der Waals surface area contributed by atoms with Crippen LogP contribution in [0.15, 0.2) is 109 Å². The van der Waals surface area contributed by atoms with Gasteiger partial charge in [0.2, 0.25) is 0 Å². The van der Waals surface area contributed by atoms with Crippen LogP contribution in [0.25, 0.3) is 44.5 Å². The van der Waals surface area contributed by atoms with Crippen molar-refractivity contribution in [1.29, 1.82) is 0 Å². The third-order valence-electron chi connectivity index (χ3n) is 12.7. The van der Waals surface area contributed by atoms with Gasteiger partial charge in [-0.25, -0.2) is 0 Å². The summed E-state index contributed by atoms with van der Waals surface area (Å²) in [6.45, 7) is 37.1. The van der Waals surface area contributed by atoms with Gasteiger partial charge in [0, 0.05) is 0 Å². The van der Waals surface area contributed by atoms with Crippen LogP contribution < -0.4 is 7.16 Å². The summed E-state index contributed by atoms with van der Waals surface area (Å²) >= 11 is 2.96. The molecule has 0 spiro atoms. The molecular weight excluding hydrogens is 990 g/mol. The van der Waals surface area contributed by atoms with Crippen LogP contribution in [0.1, 0.15) is 203 Å². The molecule has 0 atom stereocenters. The molecule has 6 rings (SSSR count). The largest absolute Gasteiger partial charge is 0.457 e. The maximum atomic E-state index is 2.35. The van der Waals surface area contributed by atoms with Gasteiger partial charge in [-0.15, -0.1) is 0 Å². The molecule has 64 heavy (non-hydrogen) atoms. The first kappa shape index (κ1) is 55.2. The van der Waals surface area contributed by atoms with Crippen LogP contribution in [-0.2, 0) is 11.0 Å². The van der Waals surface area contributed by atoms with Crippen molar-refractivity contribution in [3.8, 4) is 44.5 Å². The molecule has 0 unspecified atom stereocenters. The summed E-state index contributed by atoms with van der Waals surface area (Å²) in [7, 11) is 0. The molecule has 0 aliphatic heterocycles. The fraction of sp³-hybridized carbons (Fsp3) is 0.400. The molecule has 6 aromatic rings. The summed E-state index contributed by atoms with van der Waals surface area (Å²) in [5.74, 6) is 4.01. The summed E-state index contributed by atoms with van der Waals surface area (Å²) in [6, 6.07) is 41.6. The van der Waals surface area contributed by atoms with Crippen molar-refractivity contribution < 1.29 is 11.0 Å². The van der Waals surface area contributed by atoms with Gasteiger partial charge in [0.1, 0.15) is 0 Å². The molecule has 0 bridgehead atoms. The third-order valence-corrected chi connectivity index (χ3v) is 15.8. The van der Waals surface area contributed by atoms with Gasteiger partial charge in [0.25, 0.3) is 0 Å². The van der Waals surface area contributed by atoms with E-state index in [1.165, 1.54) is 141 Å². The van der Waals surface area contributed by atoms with E-state index >= 15 is 0 Å². The van der Waals surface area contributed by atoms with Gasteiger partial charge in [-0.2, -0.15) is 0 Å². The van der Waals surface area contributed by atoms with E-state index in [-0.39, 0.29) is 11.0 Å². The first-order chi connectivity index (χ1) is 29.3. The Kier molecular flexibility index (Phi) is 20.7. The molecule has 0 heterocycles. The van der Waals surface area contributed by atoms with Crippen molar-refractivity contribution in [3.63, 3.8) is 0 Å². The maximum Gasteiger partial charge on any atom is -0.457 e. The molecule has 6 aromatic carbocycles. The molecule has 0 aliphatic carbocycles. The van der Waals surface area contributed by atoms with E-state index in [0.29, 0.717) is 47.3 Å². The molecule has 0 saturated heterocycles. The van der Waals surface area contributed by atoms with Crippen LogP contribution in [0, 0.1) is 0 Å².